The maximum absolute atomic E-state index is 11.8. The molecule has 0 spiro atoms. The van der Waals surface area contributed by atoms with Crippen LogP contribution < -0.4 is 0 Å². The van der Waals surface area contributed by atoms with Crippen molar-refractivity contribution in [3.8, 4) is 0 Å². The van der Waals surface area contributed by atoms with E-state index in [0.717, 1.165) is 0 Å². The molecule has 5 nitrogen and oxygen atoms in total. The van der Waals surface area contributed by atoms with Gasteiger partial charge in [-0.25, -0.2) is 4.79 Å². The number of aliphatic hydroxyl groups is 1. The van der Waals surface area contributed by atoms with E-state index in [2.05, 4.69) is 0 Å². The van der Waals surface area contributed by atoms with Crippen molar-refractivity contribution < 1.29 is 19.4 Å². The second-order valence-corrected chi connectivity index (χ2v) is 5.36. The van der Waals surface area contributed by atoms with Gasteiger partial charge < -0.3 is 19.5 Å². The Morgan fingerprint density at radius 2 is 2.19 bits per heavy atom. The number of rotatable bonds is 1. The average molecular weight is 231 g/mol. The number of ether oxygens (including phenoxy) is 2. The molecule has 1 aliphatic heterocycles. The highest BCUT2D eigenvalue weighted by Gasteiger charge is 2.35. The van der Waals surface area contributed by atoms with Crippen molar-refractivity contribution in [2.75, 3.05) is 26.3 Å². The summed E-state index contributed by atoms with van der Waals surface area (Å²) < 4.78 is 10.7. The van der Waals surface area contributed by atoms with Gasteiger partial charge in [-0.15, -0.1) is 0 Å². The third-order valence-corrected chi connectivity index (χ3v) is 2.32. The molecule has 0 unspecified atom stereocenters. The van der Waals surface area contributed by atoms with Crippen molar-refractivity contribution >= 4 is 6.09 Å². The first-order valence-electron chi connectivity index (χ1n) is 5.48. The largest absolute Gasteiger partial charge is 0.444 e. The van der Waals surface area contributed by atoms with Crippen LogP contribution in [0.5, 0.6) is 0 Å². The summed E-state index contributed by atoms with van der Waals surface area (Å²) in [5.74, 6) is 0. The van der Waals surface area contributed by atoms with Crippen molar-refractivity contribution in [1.29, 1.82) is 0 Å². The molecule has 0 radical (unpaired) electrons. The number of aliphatic hydroxyl groups excluding tert-OH is 1. The van der Waals surface area contributed by atoms with Gasteiger partial charge in [0.1, 0.15) is 11.2 Å². The lowest BCUT2D eigenvalue weighted by atomic mass is 10.1. The lowest BCUT2D eigenvalue weighted by Gasteiger charge is -2.39. The van der Waals surface area contributed by atoms with Gasteiger partial charge in [-0.2, -0.15) is 0 Å². The van der Waals surface area contributed by atoms with Gasteiger partial charge >= 0.3 is 6.09 Å². The summed E-state index contributed by atoms with van der Waals surface area (Å²) >= 11 is 0. The van der Waals surface area contributed by atoms with E-state index < -0.39 is 11.2 Å². The zero-order valence-corrected chi connectivity index (χ0v) is 10.4. The highest BCUT2D eigenvalue weighted by atomic mass is 16.6. The Labute approximate surface area is 96.3 Å². The van der Waals surface area contributed by atoms with Crippen molar-refractivity contribution in [3.63, 3.8) is 0 Å². The van der Waals surface area contributed by atoms with Crippen LogP contribution in [0, 0.1) is 0 Å². The maximum Gasteiger partial charge on any atom is 0.410 e. The minimum Gasteiger partial charge on any atom is -0.444 e. The molecule has 0 aromatic rings. The van der Waals surface area contributed by atoms with Crippen LogP contribution >= 0.6 is 0 Å². The normalized spacial score (nSPS) is 26.7. The van der Waals surface area contributed by atoms with Crippen LogP contribution in [0.3, 0.4) is 0 Å². The van der Waals surface area contributed by atoms with Crippen LogP contribution in [0.1, 0.15) is 27.7 Å². The second-order valence-electron chi connectivity index (χ2n) is 5.36. The smallest absolute Gasteiger partial charge is 0.410 e. The van der Waals surface area contributed by atoms with E-state index in [0.29, 0.717) is 19.7 Å². The molecule has 0 aromatic heterocycles. The van der Waals surface area contributed by atoms with Crippen LogP contribution in [0.15, 0.2) is 0 Å². The first-order valence-corrected chi connectivity index (χ1v) is 5.48. The van der Waals surface area contributed by atoms with Crippen LogP contribution in [0.25, 0.3) is 0 Å². The van der Waals surface area contributed by atoms with E-state index in [9.17, 15) is 9.90 Å². The van der Waals surface area contributed by atoms with E-state index in [1.165, 1.54) is 0 Å². The third-order valence-electron chi connectivity index (χ3n) is 2.32. The number of hydrogen-bond donors (Lipinski definition) is 1. The molecule has 1 rings (SSSR count). The molecule has 1 atom stereocenters. The van der Waals surface area contributed by atoms with E-state index in [1.807, 2.05) is 20.8 Å². The van der Waals surface area contributed by atoms with Gasteiger partial charge in [0, 0.05) is 6.54 Å². The summed E-state index contributed by atoms with van der Waals surface area (Å²) in [4.78, 5) is 13.4. The van der Waals surface area contributed by atoms with Gasteiger partial charge in [0.2, 0.25) is 0 Å². The lowest BCUT2D eigenvalue weighted by Crippen LogP contribution is -2.54. The third kappa shape index (κ3) is 3.64. The van der Waals surface area contributed by atoms with Crippen molar-refractivity contribution in [2.24, 2.45) is 0 Å². The van der Waals surface area contributed by atoms with Crippen LogP contribution in [0.4, 0.5) is 4.79 Å². The molecule has 1 heterocycles. The predicted molar refractivity (Wildman–Crippen MR) is 59.2 cm³/mol. The molecular weight excluding hydrogens is 210 g/mol. The molecule has 1 amide bonds. The Bertz CT molecular complexity index is 261. The summed E-state index contributed by atoms with van der Waals surface area (Å²) in [5.41, 5.74) is -1.17. The number of carbonyl (C=O) groups excluding carboxylic acids is 1. The van der Waals surface area contributed by atoms with E-state index >= 15 is 0 Å². The van der Waals surface area contributed by atoms with Gasteiger partial charge in [0.15, 0.2) is 0 Å². The van der Waals surface area contributed by atoms with E-state index in [-0.39, 0.29) is 12.7 Å². The number of morpholine rings is 1. The molecule has 1 N–H and O–H groups in total. The van der Waals surface area contributed by atoms with Gasteiger partial charge in [0.25, 0.3) is 0 Å². The minimum atomic E-state index is -0.671. The highest BCUT2D eigenvalue weighted by molar-refractivity contribution is 5.68. The fourth-order valence-corrected chi connectivity index (χ4v) is 1.51. The molecule has 0 aliphatic carbocycles. The Balaban J connectivity index is 2.57. The zero-order chi connectivity index (χ0) is 12.4. The summed E-state index contributed by atoms with van der Waals surface area (Å²) in [6.07, 6.45) is -0.351. The molecule has 0 aromatic carbocycles. The Kier molecular flexibility index (Phi) is 3.80. The number of amides is 1. The van der Waals surface area contributed by atoms with Gasteiger partial charge in [-0.05, 0) is 27.7 Å². The van der Waals surface area contributed by atoms with Crippen LogP contribution in [0.2, 0.25) is 0 Å². The first-order chi connectivity index (χ1) is 7.26. The monoisotopic (exact) mass is 231 g/mol. The van der Waals surface area contributed by atoms with Crippen molar-refractivity contribution in [1.82, 2.24) is 4.90 Å². The Morgan fingerprint density at radius 1 is 1.56 bits per heavy atom. The van der Waals surface area contributed by atoms with Crippen molar-refractivity contribution in [3.05, 3.63) is 0 Å². The quantitative estimate of drug-likeness (QED) is 0.731. The van der Waals surface area contributed by atoms with Crippen molar-refractivity contribution in [2.45, 2.75) is 38.9 Å². The van der Waals surface area contributed by atoms with Gasteiger partial charge in [0.05, 0.1) is 19.8 Å². The van der Waals surface area contributed by atoms with Crippen LogP contribution in [-0.4, -0.2) is 53.6 Å². The predicted octanol–water partition coefficient (Wildman–Crippen LogP) is 1.00. The molecule has 16 heavy (non-hydrogen) atoms. The topological polar surface area (TPSA) is 59.0 Å². The molecular formula is C11H21NO4. The summed E-state index contributed by atoms with van der Waals surface area (Å²) in [7, 11) is 0. The SMILES string of the molecule is CC(C)(C)OC(=O)N1CCO[C@](C)(CO)C1. The van der Waals surface area contributed by atoms with Crippen LogP contribution in [-0.2, 0) is 9.47 Å². The number of carbonyl (C=O) groups is 1. The fraction of sp³-hybridized carbons (Fsp3) is 0.909. The molecule has 1 fully saturated rings. The number of nitrogens with zero attached hydrogens (tertiary/aromatic N) is 1. The second kappa shape index (κ2) is 4.59. The minimum absolute atomic E-state index is 0.105. The van der Waals surface area contributed by atoms with E-state index in [4.69, 9.17) is 9.47 Å². The molecule has 0 bridgehead atoms. The van der Waals surface area contributed by atoms with Gasteiger partial charge in [-0.1, -0.05) is 0 Å². The number of hydrogen-bond acceptors (Lipinski definition) is 4. The summed E-state index contributed by atoms with van der Waals surface area (Å²) in [6, 6.07) is 0. The fourth-order valence-electron chi connectivity index (χ4n) is 1.51. The molecule has 1 saturated heterocycles. The Morgan fingerprint density at radius 3 is 2.69 bits per heavy atom. The lowest BCUT2D eigenvalue weighted by molar-refractivity contribution is -0.120. The maximum atomic E-state index is 11.8. The molecule has 5 heteroatoms. The van der Waals surface area contributed by atoms with E-state index in [1.54, 1.807) is 11.8 Å². The Hall–Kier alpha value is -0.810. The molecule has 1 aliphatic rings. The molecule has 94 valence electrons. The summed E-state index contributed by atoms with van der Waals surface area (Å²) in [6.45, 7) is 8.46. The zero-order valence-electron chi connectivity index (χ0n) is 10.4. The highest BCUT2D eigenvalue weighted by Crippen LogP contribution is 2.19. The van der Waals surface area contributed by atoms with Gasteiger partial charge in [-0.3, -0.25) is 0 Å². The molecule has 0 saturated carbocycles. The summed E-state index contributed by atoms with van der Waals surface area (Å²) in [5, 5.41) is 9.18. The average Bonchev–Trinajstić information content (AvgIpc) is 2.15. The standard InChI is InChI=1S/C11H21NO4/c1-10(2,3)16-9(14)12-5-6-15-11(4,7-12)8-13/h13H,5-8H2,1-4H3/t11-/m0/s1. The first kappa shape index (κ1) is 13.3.